The Bertz CT molecular complexity index is 1060. The van der Waals surface area contributed by atoms with Gasteiger partial charge in [-0.2, -0.15) is 0 Å². The number of nitrogens with zero attached hydrogens (tertiary/aromatic N) is 1. The zero-order valence-corrected chi connectivity index (χ0v) is 18.2. The molecule has 2 heterocycles. The molecule has 5 heteroatoms. The maximum atomic E-state index is 13.0. The van der Waals surface area contributed by atoms with Crippen LogP contribution in [0.5, 0.6) is 0 Å². The molecule has 1 unspecified atom stereocenters. The van der Waals surface area contributed by atoms with Crippen molar-refractivity contribution in [1.29, 1.82) is 0 Å². The van der Waals surface area contributed by atoms with Crippen LogP contribution in [0, 0.1) is 0 Å². The Morgan fingerprint density at radius 3 is 2.68 bits per heavy atom. The van der Waals surface area contributed by atoms with E-state index in [0.29, 0.717) is 11.7 Å². The van der Waals surface area contributed by atoms with Crippen molar-refractivity contribution in [2.75, 3.05) is 29.1 Å². The molecule has 1 amide bonds. The number of carbonyl (C=O) groups excluding carboxylic acids is 1. The van der Waals surface area contributed by atoms with E-state index in [9.17, 15) is 4.79 Å². The zero-order valence-electron chi connectivity index (χ0n) is 17.4. The fourth-order valence-electron chi connectivity index (χ4n) is 4.27. The lowest BCUT2D eigenvalue weighted by Gasteiger charge is -2.20. The highest BCUT2D eigenvalue weighted by molar-refractivity contribution is 7.99. The predicted octanol–water partition coefficient (Wildman–Crippen LogP) is 5.90. The van der Waals surface area contributed by atoms with E-state index in [4.69, 9.17) is 4.74 Å². The van der Waals surface area contributed by atoms with Crippen LogP contribution in [0.15, 0.2) is 77.7 Å². The van der Waals surface area contributed by atoms with Crippen molar-refractivity contribution >= 4 is 34.7 Å². The van der Waals surface area contributed by atoms with Crippen LogP contribution in [0.4, 0.5) is 17.1 Å². The minimum atomic E-state index is -0.0743. The number of thioether (sulfide) groups is 1. The van der Waals surface area contributed by atoms with Gasteiger partial charge in [0.1, 0.15) is 0 Å². The summed E-state index contributed by atoms with van der Waals surface area (Å²) in [5.74, 6) is 0.811. The molecule has 31 heavy (non-hydrogen) atoms. The number of carbonyl (C=O) groups is 1. The molecule has 0 spiro atoms. The molecule has 158 valence electrons. The Hall–Kier alpha value is -2.76. The van der Waals surface area contributed by atoms with Gasteiger partial charge in [0, 0.05) is 40.9 Å². The zero-order chi connectivity index (χ0) is 21.0. The van der Waals surface area contributed by atoms with Gasteiger partial charge in [0.2, 0.25) is 0 Å². The second kappa shape index (κ2) is 9.16. The number of benzene rings is 3. The van der Waals surface area contributed by atoms with E-state index >= 15 is 0 Å². The smallest absolute Gasteiger partial charge is 0.256 e. The van der Waals surface area contributed by atoms with Crippen LogP contribution < -0.4 is 10.2 Å². The van der Waals surface area contributed by atoms with Gasteiger partial charge in [-0.15, -0.1) is 11.8 Å². The lowest BCUT2D eigenvalue weighted by Crippen LogP contribution is -2.15. The molecule has 0 aromatic heterocycles. The monoisotopic (exact) mass is 430 g/mol. The average molecular weight is 431 g/mol. The van der Waals surface area contributed by atoms with Crippen molar-refractivity contribution in [2.45, 2.75) is 30.3 Å². The molecule has 0 saturated carbocycles. The van der Waals surface area contributed by atoms with Gasteiger partial charge in [-0.1, -0.05) is 30.3 Å². The average Bonchev–Trinajstić information content (AvgIpc) is 3.48. The number of hydrogen-bond donors (Lipinski definition) is 1. The summed E-state index contributed by atoms with van der Waals surface area (Å²) in [7, 11) is 0. The summed E-state index contributed by atoms with van der Waals surface area (Å²) in [4.78, 5) is 16.3. The van der Waals surface area contributed by atoms with E-state index in [1.54, 1.807) is 11.8 Å². The van der Waals surface area contributed by atoms with Crippen LogP contribution in [0.25, 0.3) is 0 Å². The van der Waals surface area contributed by atoms with E-state index in [0.717, 1.165) is 54.4 Å². The molecule has 1 atom stereocenters. The highest BCUT2D eigenvalue weighted by atomic mass is 32.2. The number of amides is 1. The first-order chi connectivity index (χ1) is 15.3. The fraction of sp³-hybridized carbons (Fsp3) is 0.269. The second-order valence-corrected chi connectivity index (χ2v) is 9.04. The summed E-state index contributed by atoms with van der Waals surface area (Å²) in [5, 5.41) is 3.06. The van der Waals surface area contributed by atoms with E-state index in [-0.39, 0.29) is 5.91 Å². The predicted molar refractivity (Wildman–Crippen MR) is 128 cm³/mol. The molecule has 0 aliphatic carbocycles. The molecule has 2 aliphatic rings. The maximum Gasteiger partial charge on any atom is 0.256 e. The van der Waals surface area contributed by atoms with Crippen molar-refractivity contribution in [3.05, 3.63) is 83.9 Å². The first-order valence-electron chi connectivity index (χ1n) is 10.9. The third-order valence-corrected chi connectivity index (χ3v) is 7.11. The number of ether oxygens (including phenoxy) is 1. The first kappa shape index (κ1) is 20.2. The van der Waals surface area contributed by atoms with Crippen LogP contribution >= 0.6 is 11.8 Å². The number of anilines is 3. The van der Waals surface area contributed by atoms with Crippen molar-refractivity contribution in [1.82, 2.24) is 0 Å². The third kappa shape index (κ3) is 4.48. The van der Waals surface area contributed by atoms with Gasteiger partial charge in [0.05, 0.1) is 11.7 Å². The van der Waals surface area contributed by atoms with E-state index in [2.05, 4.69) is 46.6 Å². The Morgan fingerprint density at radius 2 is 1.84 bits per heavy atom. The lowest BCUT2D eigenvalue weighted by molar-refractivity contribution is 0.102. The molecule has 5 rings (SSSR count). The molecular formula is C26H26N2O2S. The molecule has 3 aromatic carbocycles. The van der Waals surface area contributed by atoms with Gasteiger partial charge >= 0.3 is 0 Å². The van der Waals surface area contributed by atoms with Gasteiger partial charge in [-0.05, 0) is 67.3 Å². The summed E-state index contributed by atoms with van der Waals surface area (Å²) in [6.07, 6.45) is 3.60. The van der Waals surface area contributed by atoms with Crippen LogP contribution in [-0.2, 0) is 11.2 Å². The van der Waals surface area contributed by atoms with Gasteiger partial charge in [0.15, 0.2) is 0 Å². The standard InChI is InChI=1S/C26H26N2O2S/c29-26(23-8-2-4-10-25(23)31-18-22-7-5-17-30-22)27-20-11-13-21(14-12-20)28-16-15-19-6-1-3-9-24(19)28/h1-4,6,8-14,22H,5,7,15-18H2,(H,27,29). The number of nitrogens with one attached hydrogen (secondary N) is 1. The SMILES string of the molecule is O=C(Nc1ccc(N2CCc3ccccc32)cc1)c1ccccc1SCC1CCCO1. The Labute approximate surface area is 187 Å². The highest BCUT2D eigenvalue weighted by Crippen LogP contribution is 2.34. The lowest BCUT2D eigenvalue weighted by atomic mass is 10.2. The molecule has 3 aromatic rings. The fourth-order valence-corrected chi connectivity index (χ4v) is 5.39. The van der Waals surface area contributed by atoms with Crippen LogP contribution in [-0.4, -0.2) is 30.9 Å². The number of rotatable bonds is 6. The highest BCUT2D eigenvalue weighted by Gasteiger charge is 2.20. The molecular weight excluding hydrogens is 404 g/mol. The van der Waals surface area contributed by atoms with Gasteiger partial charge in [-0.25, -0.2) is 0 Å². The first-order valence-corrected chi connectivity index (χ1v) is 11.9. The summed E-state index contributed by atoms with van der Waals surface area (Å²) >= 11 is 1.70. The number of fused-ring (bicyclic) bond motifs is 1. The molecule has 4 nitrogen and oxygen atoms in total. The normalized spacial score (nSPS) is 17.5. The molecule has 1 fully saturated rings. The van der Waals surface area contributed by atoms with Crippen molar-refractivity contribution in [3.8, 4) is 0 Å². The topological polar surface area (TPSA) is 41.6 Å². The summed E-state index contributed by atoms with van der Waals surface area (Å²) < 4.78 is 5.72. The van der Waals surface area contributed by atoms with Crippen LogP contribution in [0.2, 0.25) is 0 Å². The quantitative estimate of drug-likeness (QED) is 0.494. The number of hydrogen-bond acceptors (Lipinski definition) is 4. The summed E-state index contributed by atoms with van der Waals surface area (Å²) in [6.45, 7) is 1.84. The van der Waals surface area contributed by atoms with Gasteiger partial charge in [0.25, 0.3) is 5.91 Å². The Morgan fingerprint density at radius 1 is 1.03 bits per heavy atom. The van der Waals surface area contributed by atoms with E-state index in [1.165, 1.54) is 11.3 Å². The molecule has 2 aliphatic heterocycles. The van der Waals surface area contributed by atoms with Crippen molar-refractivity contribution in [2.24, 2.45) is 0 Å². The third-order valence-electron chi connectivity index (χ3n) is 5.90. The minimum Gasteiger partial charge on any atom is -0.377 e. The van der Waals surface area contributed by atoms with Crippen molar-refractivity contribution in [3.63, 3.8) is 0 Å². The van der Waals surface area contributed by atoms with E-state index in [1.807, 2.05) is 36.4 Å². The molecule has 0 radical (unpaired) electrons. The van der Waals surface area contributed by atoms with Gasteiger partial charge < -0.3 is 15.0 Å². The molecule has 1 N–H and O–H groups in total. The Balaban J connectivity index is 1.26. The van der Waals surface area contributed by atoms with Crippen LogP contribution in [0.3, 0.4) is 0 Å². The van der Waals surface area contributed by atoms with Crippen molar-refractivity contribution < 1.29 is 9.53 Å². The summed E-state index contributed by atoms with van der Waals surface area (Å²) in [5.41, 5.74) is 5.33. The molecule has 1 saturated heterocycles. The van der Waals surface area contributed by atoms with Gasteiger partial charge in [-0.3, -0.25) is 4.79 Å². The molecule has 0 bridgehead atoms. The second-order valence-electron chi connectivity index (χ2n) is 7.97. The minimum absolute atomic E-state index is 0.0743. The largest absolute Gasteiger partial charge is 0.377 e. The van der Waals surface area contributed by atoms with Crippen LogP contribution in [0.1, 0.15) is 28.8 Å². The Kier molecular flexibility index (Phi) is 5.96. The van der Waals surface area contributed by atoms with E-state index < -0.39 is 0 Å². The maximum absolute atomic E-state index is 13.0. The summed E-state index contributed by atoms with van der Waals surface area (Å²) in [6, 6.07) is 24.5. The number of para-hydroxylation sites is 1.